The fourth-order valence-electron chi connectivity index (χ4n) is 1.12. The number of aliphatic hydroxyl groups excluding tert-OH is 1. The topological polar surface area (TPSA) is 59.2 Å². The van der Waals surface area contributed by atoms with Gasteiger partial charge in [0.2, 0.25) is 5.82 Å². The first kappa shape index (κ1) is 10.6. The summed E-state index contributed by atoms with van der Waals surface area (Å²) in [6, 6.07) is 1.48. The molecule has 16 heavy (non-hydrogen) atoms. The zero-order chi connectivity index (χ0) is 11.7. The molecule has 0 unspecified atom stereocenters. The minimum absolute atomic E-state index is 0.0696. The molecule has 0 saturated heterocycles. The first-order chi connectivity index (χ1) is 7.61. The fourth-order valence-corrected chi connectivity index (χ4v) is 1.12. The molecule has 0 spiro atoms. The highest BCUT2D eigenvalue weighted by molar-refractivity contribution is 5.54. The summed E-state index contributed by atoms with van der Waals surface area (Å²) in [7, 11) is 0. The lowest BCUT2D eigenvalue weighted by atomic mass is 10.2. The average molecular weight is 230 g/mol. The van der Waals surface area contributed by atoms with Crippen LogP contribution in [0.3, 0.4) is 0 Å². The van der Waals surface area contributed by atoms with Gasteiger partial charge in [-0.05, 0) is 12.1 Å². The SMILES string of the molecule is OCc1nc(-c2cc(F)c(F)c(F)c2)no1. The largest absolute Gasteiger partial charge is 0.387 e. The van der Waals surface area contributed by atoms with Crippen molar-refractivity contribution in [1.82, 2.24) is 10.1 Å². The number of aliphatic hydroxyl groups is 1. The normalized spacial score (nSPS) is 10.8. The Kier molecular flexibility index (Phi) is 2.61. The molecule has 1 aromatic heterocycles. The van der Waals surface area contributed by atoms with Gasteiger partial charge in [0.15, 0.2) is 17.5 Å². The second-order valence-electron chi connectivity index (χ2n) is 2.92. The maximum Gasteiger partial charge on any atom is 0.252 e. The second kappa shape index (κ2) is 3.93. The van der Waals surface area contributed by atoms with Crippen molar-refractivity contribution in [2.75, 3.05) is 0 Å². The lowest BCUT2D eigenvalue weighted by Crippen LogP contribution is -1.93. The molecule has 0 aliphatic carbocycles. The highest BCUT2D eigenvalue weighted by Crippen LogP contribution is 2.21. The first-order valence-corrected chi connectivity index (χ1v) is 4.20. The van der Waals surface area contributed by atoms with E-state index in [-0.39, 0.29) is 17.3 Å². The number of hydrogen-bond donors (Lipinski definition) is 1. The quantitative estimate of drug-likeness (QED) is 0.797. The van der Waals surface area contributed by atoms with Gasteiger partial charge in [0.25, 0.3) is 5.89 Å². The van der Waals surface area contributed by atoms with Crippen LogP contribution in [0.15, 0.2) is 16.7 Å². The molecule has 2 aromatic rings. The Labute approximate surface area is 87.3 Å². The highest BCUT2D eigenvalue weighted by atomic mass is 19.2. The summed E-state index contributed by atoms with van der Waals surface area (Å²) in [5.74, 6) is -4.47. The number of aromatic nitrogens is 2. The molecule has 4 nitrogen and oxygen atoms in total. The van der Waals surface area contributed by atoms with Crippen molar-refractivity contribution < 1.29 is 22.8 Å². The molecule has 84 valence electrons. The zero-order valence-electron chi connectivity index (χ0n) is 7.75. The Hall–Kier alpha value is -1.89. The van der Waals surface area contributed by atoms with Crippen molar-refractivity contribution in [2.24, 2.45) is 0 Å². The summed E-state index contributed by atoms with van der Waals surface area (Å²) in [4.78, 5) is 3.63. The first-order valence-electron chi connectivity index (χ1n) is 4.20. The molecule has 1 N–H and O–H groups in total. The summed E-state index contributed by atoms with van der Waals surface area (Å²) >= 11 is 0. The van der Waals surface area contributed by atoms with Crippen LogP contribution in [0.25, 0.3) is 11.4 Å². The Balaban J connectivity index is 2.48. The number of halogens is 3. The van der Waals surface area contributed by atoms with Crippen molar-refractivity contribution in [3.8, 4) is 11.4 Å². The van der Waals surface area contributed by atoms with Crippen LogP contribution in [-0.2, 0) is 6.61 Å². The molecule has 0 radical (unpaired) electrons. The molecule has 0 aliphatic heterocycles. The molecule has 0 bridgehead atoms. The van der Waals surface area contributed by atoms with Crippen LogP contribution in [0.2, 0.25) is 0 Å². The lowest BCUT2D eigenvalue weighted by molar-refractivity contribution is 0.222. The molecule has 2 rings (SSSR count). The van der Waals surface area contributed by atoms with Crippen LogP contribution in [0.4, 0.5) is 13.2 Å². The number of benzene rings is 1. The van der Waals surface area contributed by atoms with Gasteiger partial charge in [-0.1, -0.05) is 5.16 Å². The Morgan fingerprint density at radius 1 is 1.19 bits per heavy atom. The van der Waals surface area contributed by atoms with Crippen molar-refractivity contribution in [3.05, 3.63) is 35.5 Å². The van der Waals surface area contributed by atoms with Crippen LogP contribution >= 0.6 is 0 Å². The molecule has 0 amide bonds. The van der Waals surface area contributed by atoms with E-state index in [0.717, 1.165) is 12.1 Å². The third kappa shape index (κ3) is 1.76. The van der Waals surface area contributed by atoms with Gasteiger partial charge >= 0.3 is 0 Å². The van der Waals surface area contributed by atoms with Crippen molar-refractivity contribution in [3.63, 3.8) is 0 Å². The maximum absolute atomic E-state index is 12.9. The van der Waals surface area contributed by atoms with E-state index in [0.29, 0.717) is 0 Å². The lowest BCUT2D eigenvalue weighted by Gasteiger charge is -1.97. The fraction of sp³-hybridized carbons (Fsp3) is 0.111. The van der Waals surface area contributed by atoms with Crippen LogP contribution in [0, 0.1) is 17.5 Å². The summed E-state index contributed by atoms with van der Waals surface area (Å²) in [5, 5.41) is 12.0. The van der Waals surface area contributed by atoms with Gasteiger partial charge in [0.1, 0.15) is 6.61 Å². The third-order valence-corrected chi connectivity index (χ3v) is 1.85. The summed E-state index contributed by atoms with van der Waals surface area (Å²) < 4.78 is 42.9. The minimum Gasteiger partial charge on any atom is -0.387 e. The van der Waals surface area contributed by atoms with Crippen LogP contribution in [-0.4, -0.2) is 15.2 Å². The predicted molar refractivity (Wildman–Crippen MR) is 45.5 cm³/mol. The van der Waals surface area contributed by atoms with E-state index >= 15 is 0 Å². The average Bonchev–Trinajstić information content (AvgIpc) is 2.73. The molecular weight excluding hydrogens is 225 g/mol. The Morgan fingerprint density at radius 3 is 2.31 bits per heavy atom. The molecule has 0 fully saturated rings. The van der Waals surface area contributed by atoms with Gasteiger partial charge in [-0.15, -0.1) is 0 Å². The van der Waals surface area contributed by atoms with E-state index < -0.39 is 24.1 Å². The van der Waals surface area contributed by atoms with Crippen molar-refractivity contribution in [2.45, 2.75) is 6.61 Å². The molecule has 0 atom stereocenters. The van der Waals surface area contributed by atoms with E-state index in [4.69, 9.17) is 5.11 Å². The molecular formula is C9H5F3N2O2. The van der Waals surface area contributed by atoms with Gasteiger partial charge in [-0.2, -0.15) is 4.98 Å². The summed E-state index contributed by atoms with van der Waals surface area (Å²) in [6.45, 7) is -0.487. The summed E-state index contributed by atoms with van der Waals surface area (Å²) in [6.07, 6.45) is 0. The molecule has 1 heterocycles. The zero-order valence-corrected chi connectivity index (χ0v) is 7.75. The number of rotatable bonds is 2. The smallest absolute Gasteiger partial charge is 0.252 e. The van der Waals surface area contributed by atoms with Crippen molar-refractivity contribution >= 4 is 0 Å². The van der Waals surface area contributed by atoms with Crippen molar-refractivity contribution in [1.29, 1.82) is 0 Å². The van der Waals surface area contributed by atoms with E-state index in [9.17, 15) is 13.2 Å². The highest BCUT2D eigenvalue weighted by Gasteiger charge is 2.15. The maximum atomic E-state index is 12.9. The van der Waals surface area contributed by atoms with Gasteiger partial charge in [-0.25, -0.2) is 13.2 Å². The molecule has 1 aromatic carbocycles. The van der Waals surface area contributed by atoms with E-state index in [2.05, 4.69) is 14.7 Å². The van der Waals surface area contributed by atoms with E-state index in [1.165, 1.54) is 0 Å². The van der Waals surface area contributed by atoms with Crippen LogP contribution in [0.1, 0.15) is 5.89 Å². The molecule has 0 aliphatic rings. The van der Waals surface area contributed by atoms with Gasteiger partial charge < -0.3 is 9.63 Å². The molecule has 7 heteroatoms. The van der Waals surface area contributed by atoms with Crippen LogP contribution in [0.5, 0.6) is 0 Å². The standard InChI is InChI=1S/C9H5F3N2O2/c10-5-1-4(2-6(11)8(5)12)9-13-7(3-15)16-14-9/h1-2,15H,3H2. The number of nitrogens with zero attached hydrogens (tertiary/aromatic N) is 2. The van der Waals surface area contributed by atoms with Crippen LogP contribution < -0.4 is 0 Å². The predicted octanol–water partition coefficient (Wildman–Crippen LogP) is 1.65. The second-order valence-corrected chi connectivity index (χ2v) is 2.92. The molecule has 0 saturated carbocycles. The number of hydrogen-bond acceptors (Lipinski definition) is 4. The third-order valence-electron chi connectivity index (χ3n) is 1.85. The summed E-state index contributed by atoms with van der Waals surface area (Å²) in [5.41, 5.74) is -0.0696. The van der Waals surface area contributed by atoms with Gasteiger partial charge in [0.05, 0.1) is 0 Å². The Morgan fingerprint density at radius 2 is 1.81 bits per heavy atom. The monoisotopic (exact) mass is 230 g/mol. The van der Waals surface area contributed by atoms with Gasteiger partial charge in [-0.3, -0.25) is 0 Å². The minimum atomic E-state index is -1.56. The Bertz CT molecular complexity index is 504. The van der Waals surface area contributed by atoms with E-state index in [1.54, 1.807) is 0 Å². The van der Waals surface area contributed by atoms with E-state index in [1.807, 2.05) is 0 Å². The van der Waals surface area contributed by atoms with Gasteiger partial charge in [0, 0.05) is 5.56 Å².